The zero-order valence-corrected chi connectivity index (χ0v) is 13.1. The number of primary amides is 1. The Bertz CT molecular complexity index is 734. The average molecular weight is 335 g/mol. The van der Waals surface area contributed by atoms with Gasteiger partial charge in [0.15, 0.2) is 18.1 Å². The van der Waals surface area contributed by atoms with Gasteiger partial charge < -0.3 is 20.5 Å². The van der Waals surface area contributed by atoms with E-state index in [1.54, 1.807) is 36.4 Å². The summed E-state index contributed by atoms with van der Waals surface area (Å²) in [6, 6.07) is 11.4. The number of hydrogen-bond acceptors (Lipinski definition) is 4. The number of carbonyl (C=O) groups is 2. The van der Waals surface area contributed by atoms with Crippen molar-refractivity contribution in [2.45, 2.75) is 0 Å². The van der Waals surface area contributed by atoms with E-state index in [0.29, 0.717) is 16.5 Å². The van der Waals surface area contributed by atoms with E-state index >= 15 is 0 Å². The second-order valence-corrected chi connectivity index (χ2v) is 4.98. The van der Waals surface area contributed by atoms with Gasteiger partial charge in [0.05, 0.1) is 12.7 Å². The normalized spacial score (nSPS) is 10.0. The van der Waals surface area contributed by atoms with Crippen molar-refractivity contribution < 1.29 is 19.1 Å². The maximum Gasteiger partial charge on any atom is 0.262 e. The summed E-state index contributed by atoms with van der Waals surface area (Å²) in [6.07, 6.45) is 0. The van der Waals surface area contributed by atoms with Gasteiger partial charge in [-0.3, -0.25) is 9.59 Å². The van der Waals surface area contributed by atoms with E-state index in [1.165, 1.54) is 13.2 Å². The van der Waals surface area contributed by atoms with Crippen LogP contribution in [0.4, 0.5) is 5.69 Å². The molecule has 2 amide bonds. The van der Waals surface area contributed by atoms with Gasteiger partial charge in [0.2, 0.25) is 0 Å². The second-order valence-electron chi connectivity index (χ2n) is 4.55. The number of benzene rings is 2. The molecule has 2 aromatic rings. The molecule has 6 nitrogen and oxygen atoms in total. The molecular formula is C16H15ClN2O4. The van der Waals surface area contributed by atoms with Crippen LogP contribution in [0.25, 0.3) is 0 Å². The molecule has 0 aromatic heterocycles. The molecule has 2 rings (SSSR count). The Hall–Kier alpha value is -2.73. The van der Waals surface area contributed by atoms with E-state index in [9.17, 15) is 9.59 Å². The smallest absolute Gasteiger partial charge is 0.262 e. The van der Waals surface area contributed by atoms with Crippen molar-refractivity contribution in [3.63, 3.8) is 0 Å². The molecule has 0 bridgehead atoms. The third kappa shape index (κ3) is 4.37. The molecule has 0 fully saturated rings. The Balaban J connectivity index is 2.08. The highest BCUT2D eigenvalue weighted by molar-refractivity contribution is 6.30. The molecule has 0 spiro atoms. The highest BCUT2D eigenvalue weighted by Crippen LogP contribution is 2.30. The van der Waals surface area contributed by atoms with Crippen LogP contribution in [0.1, 0.15) is 10.4 Å². The van der Waals surface area contributed by atoms with Gasteiger partial charge in [-0.15, -0.1) is 0 Å². The lowest BCUT2D eigenvalue weighted by atomic mass is 10.2. The highest BCUT2D eigenvalue weighted by atomic mass is 35.5. The molecule has 0 aliphatic heterocycles. The zero-order valence-electron chi connectivity index (χ0n) is 12.3. The summed E-state index contributed by atoms with van der Waals surface area (Å²) in [5, 5.41) is 3.14. The summed E-state index contributed by atoms with van der Waals surface area (Å²) in [4.78, 5) is 23.4. The fourth-order valence-electron chi connectivity index (χ4n) is 1.92. The monoisotopic (exact) mass is 334 g/mol. The van der Waals surface area contributed by atoms with Gasteiger partial charge in [-0.25, -0.2) is 0 Å². The van der Waals surface area contributed by atoms with Crippen molar-refractivity contribution in [2.24, 2.45) is 5.73 Å². The Labute approximate surface area is 138 Å². The molecule has 0 heterocycles. The van der Waals surface area contributed by atoms with Crippen molar-refractivity contribution in [1.82, 2.24) is 0 Å². The number of nitrogens with one attached hydrogen (secondary N) is 1. The van der Waals surface area contributed by atoms with Gasteiger partial charge in [-0.05, 0) is 30.3 Å². The van der Waals surface area contributed by atoms with Crippen LogP contribution in [0, 0.1) is 0 Å². The maximum absolute atomic E-state index is 11.9. The van der Waals surface area contributed by atoms with Crippen LogP contribution >= 0.6 is 11.6 Å². The average Bonchev–Trinajstić information content (AvgIpc) is 2.52. The lowest BCUT2D eigenvalue weighted by Gasteiger charge is -2.13. The molecule has 2 aromatic carbocycles. The van der Waals surface area contributed by atoms with Gasteiger partial charge in [-0.1, -0.05) is 23.7 Å². The van der Waals surface area contributed by atoms with Gasteiger partial charge in [-0.2, -0.15) is 0 Å². The lowest BCUT2D eigenvalue weighted by Crippen LogP contribution is -2.22. The number of halogens is 1. The van der Waals surface area contributed by atoms with Crippen LogP contribution in [-0.2, 0) is 4.79 Å². The minimum absolute atomic E-state index is 0.128. The Morgan fingerprint density at radius 1 is 1.22 bits per heavy atom. The molecule has 0 unspecified atom stereocenters. The Kier molecular flexibility index (Phi) is 5.43. The number of para-hydroxylation sites is 1. The molecule has 0 aliphatic carbocycles. The fourth-order valence-corrected chi connectivity index (χ4v) is 2.11. The molecule has 7 heteroatoms. The fraction of sp³-hybridized carbons (Fsp3) is 0.125. The van der Waals surface area contributed by atoms with Gasteiger partial charge in [0, 0.05) is 10.7 Å². The first-order valence-electron chi connectivity index (χ1n) is 6.66. The minimum atomic E-state index is -0.672. The molecule has 0 aliphatic rings. The number of rotatable bonds is 6. The first-order chi connectivity index (χ1) is 11.0. The van der Waals surface area contributed by atoms with E-state index in [-0.39, 0.29) is 17.9 Å². The Morgan fingerprint density at radius 3 is 2.61 bits per heavy atom. The second kappa shape index (κ2) is 7.51. The number of hydrogen-bond donors (Lipinski definition) is 2. The Morgan fingerprint density at radius 2 is 1.96 bits per heavy atom. The third-order valence-electron chi connectivity index (χ3n) is 2.92. The van der Waals surface area contributed by atoms with Gasteiger partial charge in [0.25, 0.3) is 11.8 Å². The summed E-state index contributed by atoms with van der Waals surface area (Å²) in [5.74, 6) is -0.636. The standard InChI is InChI=1S/C16H15ClN2O4/c1-22-13-7-3-6-12(16(18)21)15(13)23-9-14(20)19-11-5-2-4-10(17)8-11/h2-8H,9H2,1H3,(H2,18,21)(H,19,20). The first kappa shape index (κ1) is 16.6. The van der Waals surface area contributed by atoms with Crippen LogP contribution in [0.15, 0.2) is 42.5 Å². The predicted molar refractivity (Wildman–Crippen MR) is 87.1 cm³/mol. The zero-order chi connectivity index (χ0) is 16.8. The highest BCUT2D eigenvalue weighted by Gasteiger charge is 2.16. The van der Waals surface area contributed by atoms with Crippen molar-refractivity contribution in [2.75, 3.05) is 19.0 Å². The van der Waals surface area contributed by atoms with E-state index in [2.05, 4.69) is 5.32 Å². The molecule has 120 valence electrons. The number of amides is 2. The van der Waals surface area contributed by atoms with Crippen molar-refractivity contribution in [3.8, 4) is 11.5 Å². The molecule has 3 N–H and O–H groups in total. The summed E-state index contributed by atoms with van der Waals surface area (Å²) >= 11 is 5.85. The van der Waals surface area contributed by atoms with Gasteiger partial charge in [0.1, 0.15) is 0 Å². The van der Waals surface area contributed by atoms with Crippen molar-refractivity contribution in [3.05, 3.63) is 53.1 Å². The molecule has 0 saturated heterocycles. The summed E-state index contributed by atoms with van der Waals surface area (Å²) in [5.41, 5.74) is 5.98. The van der Waals surface area contributed by atoms with Crippen LogP contribution in [-0.4, -0.2) is 25.5 Å². The number of nitrogens with two attached hydrogens (primary N) is 1. The van der Waals surface area contributed by atoms with Crippen molar-refractivity contribution >= 4 is 29.1 Å². The number of ether oxygens (including phenoxy) is 2. The minimum Gasteiger partial charge on any atom is -0.493 e. The summed E-state index contributed by atoms with van der Waals surface area (Å²) in [6.45, 7) is -0.312. The molecule has 23 heavy (non-hydrogen) atoms. The van der Waals surface area contributed by atoms with E-state index < -0.39 is 11.8 Å². The van der Waals surface area contributed by atoms with E-state index in [4.69, 9.17) is 26.8 Å². The molecular weight excluding hydrogens is 320 g/mol. The third-order valence-corrected chi connectivity index (χ3v) is 3.16. The quantitative estimate of drug-likeness (QED) is 0.849. The number of carbonyl (C=O) groups excluding carboxylic acids is 2. The van der Waals surface area contributed by atoms with Crippen LogP contribution in [0.3, 0.4) is 0 Å². The molecule has 0 radical (unpaired) electrons. The summed E-state index contributed by atoms with van der Waals surface area (Å²) < 4.78 is 10.5. The van der Waals surface area contributed by atoms with Crippen LogP contribution < -0.4 is 20.5 Å². The predicted octanol–water partition coefficient (Wildman–Crippen LogP) is 2.46. The molecule has 0 saturated carbocycles. The first-order valence-corrected chi connectivity index (χ1v) is 7.04. The largest absolute Gasteiger partial charge is 0.493 e. The SMILES string of the molecule is COc1cccc(C(N)=O)c1OCC(=O)Nc1cccc(Cl)c1. The topological polar surface area (TPSA) is 90.7 Å². The molecule has 0 atom stereocenters. The van der Waals surface area contributed by atoms with E-state index in [1.807, 2.05) is 0 Å². The van der Waals surface area contributed by atoms with E-state index in [0.717, 1.165) is 0 Å². The number of anilines is 1. The van der Waals surface area contributed by atoms with Crippen molar-refractivity contribution in [1.29, 1.82) is 0 Å². The van der Waals surface area contributed by atoms with Gasteiger partial charge >= 0.3 is 0 Å². The lowest BCUT2D eigenvalue weighted by molar-refractivity contribution is -0.118. The van der Waals surface area contributed by atoms with Crippen LogP contribution in [0.2, 0.25) is 5.02 Å². The maximum atomic E-state index is 11.9. The van der Waals surface area contributed by atoms with Crippen LogP contribution in [0.5, 0.6) is 11.5 Å². The summed E-state index contributed by atoms with van der Waals surface area (Å²) in [7, 11) is 1.43. The number of methoxy groups -OCH3 is 1.